The van der Waals surface area contributed by atoms with Gasteiger partial charge in [0.05, 0.1) is 21.8 Å². The van der Waals surface area contributed by atoms with Gasteiger partial charge in [0.1, 0.15) is 10.8 Å². The highest BCUT2D eigenvalue weighted by atomic mass is 32.2. The summed E-state index contributed by atoms with van der Waals surface area (Å²) in [4.78, 5) is 22.5. The van der Waals surface area contributed by atoms with Crippen LogP contribution in [0, 0.1) is 5.82 Å². The number of hydrogen-bond donors (Lipinski definition) is 1. The number of carbonyl (C=O) groups is 1. The fraction of sp³-hybridized carbons (Fsp3) is 0.0500. The van der Waals surface area contributed by atoms with E-state index < -0.39 is 5.82 Å². The number of benzene rings is 2. The Morgan fingerprint density at radius 3 is 2.67 bits per heavy atom. The number of rotatable bonds is 5. The fourth-order valence-electron chi connectivity index (χ4n) is 2.56. The standard InChI is InChI=1S/C20H14FN3OS2/c21-14-7-2-4-9-16(14)22-18(25)12-27-20-13-6-1-3-8-15(13)23-19(24-20)17-10-5-11-26-17/h1-11H,12H2,(H,22,25). The third kappa shape index (κ3) is 3.99. The van der Waals surface area contributed by atoms with Crippen molar-refractivity contribution in [3.05, 3.63) is 71.9 Å². The quantitative estimate of drug-likeness (QED) is 0.371. The van der Waals surface area contributed by atoms with Crippen LogP contribution in [0.4, 0.5) is 10.1 Å². The smallest absolute Gasteiger partial charge is 0.234 e. The number of nitrogens with one attached hydrogen (secondary N) is 1. The second-order valence-electron chi connectivity index (χ2n) is 5.66. The maximum Gasteiger partial charge on any atom is 0.234 e. The summed E-state index contributed by atoms with van der Waals surface area (Å²) in [5.41, 5.74) is 1.00. The maximum absolute atomic E-state index is 13.7. The van der Waals surface area contributed by atoms with Gasteiger partial charge >= 0.3 is 0 Å². The van der Waals surface area contributed by atoms with E-state index in [1.165, 1.54) is 23.9 Å². The number of nitrogens with zero attached hydrogens (tertiary/aromatic N) is 2. The summed E-state index contributed by atoms with van der Waals surface area (Å²) >= 11 is 2.88. The lowest BCUT2D eigenvalue weighted by Gasteiger charge is -2.09. The number of amides is 1. The number of fused-ring (bicyclic) bond motifs is 1. The van der Waals surface area contributed by atoms with Gasteiger partial charge in [-0.1, -0.05) is 48.2 Å². The van der Waals surface area contributed by atoms with E-state index in [0.29, 0.717) is 5.82 Å². The average molecular weight is 395 g/mol. The maximum atomic E-state index is 13.7. The van der Waals surface area contributed by atoms with Crippen LogP contribution in [0.3, 0.4) is 0 Å². The number of thioether (sulfide) groups is 1. The van der Waals surface area contributed by atoms with E-state index in [0.717, 1.165) is 20.8 Å². The first-order valence-electron chi connectivity index (χ1n) is 8.18. The molecule has 0 spiro atoms. The first kappa shape index (κ1) is 17.6. The Morgan fingerprint density at radius 2 is 1.85 bits per heavy atom. The lowest BCUT2D eigenvalue weighted by atomic mass is 10.2. The van der Waals surface area contributed by atoms with E-state index >= 15 is 0 Å². The lowest BCUT2D eigenvalue weighted by molar-refractivity contribution is -0.113. The number of aromatic nitrogens is 2. The molecule has 4 aromatic rings. The first-order chi connectivity index (χ1) is 13.2. The fourth-order valence-corrected chi connectivity index (χ4v) is 4.03. The SMILES string of the molecule is O=C(CSc1nc(-c2cccs2)nc2ccccc12)Nc1ccccc1F. The summed E-state index contributed by atoms with van der Waals surface area (Å²) < 4.78 is 13.7. The highest BCUT2D eigenvalue weighted by molar-refractivity contribution is 8.00. The van der Waals surface area contributed by atoms with Gasteiger partial charge in [-0.2, -0.15) is 0 Å². The second-order valence-corrected chi connectivity index (χ2v) is 7.58. The van der Waals surface area contributed by atoms with Crippen molar-refractivity contribution in [2.75, 3.05) is 11.1 Å². The van der Waals surface area contributed by atoms with Crippen molar-refractivity contribution in [2.45, 2.75) is 5.03 Å². The molecule has 0 fully saturated rings. The number of carbonyl (C=O) groups excluding carboxylic acids is 1. The van der Waals surface area contributed by atoms with Crippen LogP contribution in [-0.4, -0.2) is 21.6 Å². The number of hydrogen-bond acceptors (Lipinski definition) is 5. The number of halogens is 1. The highest BCUT2D eigenvalue weighted by Gasteiger charge is 2.13. The molecule has 1 amide bonds. The van der Waals surface area contributed by atoms with Gasteiger partial charge in [0.15, 0.2) is 5.82 Å². The zero-order valence-electron chi connectivity index (χ0n) is 14.1. The van der Waals surface area contributed by atoms with Gasteiger partial charge in [-0.25, -0.2) is 14.4 Å². The molecule has 0 bridgehead atoms. The Labute approximate surface area is 163 Å². The van der Waals surface area contributed by atoms with E-state index in [1.807, 2.05) is 41.8 Å². The molecule has 0 aliphatic carbocycles. The molecular weight excluding hydrogens is 381 g/mol. The van der Waals surface area contributed by atoms with Gasteiger partial charge in [0.25, 0.3) is 0 Å². The molecule has 1 N–H and O–H groups in total. The molecule has 0 atom stereocenters. The molecule has 0 aliphatic rings. The van der Waals surface area contributed by atoms with Crippen molar-refractivity contribution in [3.63, 3.8) is 0 Å². The normalized spacial score (nSPS) is 10.9. The van der Waals surface area contributed by atoms with Crippen molar-refractivity contribution in [2.24, 2.45) is 0 Å². The number of thiophene rings is 1. The van der Waals surface area contributed by atoms with Crippen molar-refractivity contribution >= 4 is 45.6 Å². The number of anilines is 1. The number of para-hydroxylation sites is 2. The molecule has 4 nitrogen and oxygen atoms in total. The van der Waals surface area contributed by atoms with Crippen LogP contribution in [0.1, 0.15) is 0 Å². The molecule has 0 radical (unpaired) electrons. The molecule has 0 unspecified atom stereocenters. The summed E-state index contributed by atoms with van der Waals surface area (Å²) in [6.45, 7) is 0. The van der Waals surface area contributed by atoms with E-state index in [1.54, 1.807) is 23.5 Å². The summed E-state index contributed by atoms with van der Waals surface area (Å²) in [6.07, 6.45) is 0. The van der Waals surface area contributed by atoms with Crippen molar-refractivity contribution in [1.29, 1.82) is 0 Å². The zero-order chi connectivity index (χ0) is 18.6. The largest absolute Gasteiger partial charge is 0.323 e. The van der Waals surface area contributed by atoms with Crippen molar-refractivity contribution in [1.82, 2.24) is 9.97 Å². The van der Waals surface area contributed by atoms with Crippen LogP contribution in [0.25, 0.3) is 21.6 Å². The third-order valence-corrected chi connectivity index (χ3v) is 5.65. The molecule has 7 heteroatoms. The van der Waals surface area contributed by atoms with Crippen LogP contribution in [0.15, 0.2) is 71.1 Å². The summed E-state index contributed by atoms with van der Waals surface area (Å²) in [5.74, 6) is 0.0219. The average Bonchev–Trinajstić information content (AvgIpc) is 3.22. The van der Waals surface area contributed by atoms with E-state index in [2.05, 4.69) is 15.3 Å². The zero-order valence-corrected chi connectivity index (χ0v) is 15.7. The molecule has 0 aliphatic heterocycles. The summed E-state index contributed by atoms with van der Waals surface area (Å²) in [7, 11) is 0. The Kier molecular flexibility index (Phi) is 5.13. The van der Waals surface area contributed by atoms with Gasteiger partial charge in [-0.15, -0.1) is 11.3 Å². The Balaban J connectivity index is 1.58. The first-order valence-corrected chi connectivity index (χ1v) is 10.0. The van der Waals surface area contributed by atoms with E-state index in [-0.39, 0.29) is 17.3 Å². The van der Waals surface area contributed by atoms with Crippen LogP contribution >= 0.6 is 23.1 Å². The van der Waals surface area contributed by atoms with Crippen LogP contribution in [0.2, 0.25) is 0 Å². The van der Waals surface area contributed by atoms with Crippen LogP contribution in [0.5, 0.6) is 0 Å². The Hall–Kier alpha value is -2.77. The second kappa shape index (κ2) is 7.85. The molecule has 2 aromatic carbocycles. The van der Waals surface area contributed by atoms with Crippen LogP contribution < -0.4 is 5.32 Å². The highest BCUT2D eigenvalue weighted by Crippen LogP contribution is 2.30. The molecular formula is C20H14FN3OS2. The minimum absolute atomic E-state index is 0.124. The molecule has 2 heterocycles. The minimum atomic E-state index is -0.455. The molecule has 0 saturated heterocycles. The Morgan fingerprint density at radius 1 is 1.04 bits per heavy atom. The summed E-state index contributed by atoms with van der Waals surface area (Å²) in [5, 5.41) is 6.19. The van der Waals surface area contributed by atoms with Gasteiger partial charge in [-0.3, -0.25) is 4.79 Å². The molecule has 4 rings (SSSR count). The lowest BCUT2D eigenvalue weighted by Crippen LogP contribution is -2.15. The predicted molar refractivity (Wildman–Crippen MR) is 109 cm³/mol. The monoisotopic (exact) mass is 395 g/mol. The summed E-state index contributed by atoms with van der Waals surface area (Å²) in [6, 6.07) is 17.7. The van der Waals surface area contributed by atoms with Gasteiger partial charge < -0.3 is 5.32 Å². The Bertz CT molecular complexity index is 1100. The van der Waals surface area contributed by atoms with Gasteiger partial charge in [-0.05, 0) is 29.6 Å². The minimum Gasteiger partial charge on any atom is -0.323 e. The van der Waals surface area contributed by atoms with E-state index in [4.69, 9.17) is 0 Å². The molecule has 0 saturated carbocycles. The van der Waals surface area contributed by atoms with Gasteiger partial charge in [0, 0.05) is 5.39 Å². The third-order valence-electron chi connectivity index (χ3n) is 3.80. The molecule has 134 valence electrons. The van der Waals surface area contributed by atoms with Crippen LogP contribution in [-0.2, 0) is 4.79 Å². The van der Waals surface area contributed by atoms with Crippen molar-refractivity contribution in [3.8, 4) is 10.7 Å². The van der Waals surface area contributed by atoms with Crippen molar-refractivity contribution < 1.29 is 9.18 Å². The molecule has 27 heavy (non-hydrogen) atoms. The topological polar surface area (TPSA) is 54.9 Å². The van der Waals surface area contributed by atoms with E-state index in [9.17, 15) is 9.18 Å². The van der Waals surface area contributed by atoms with Gasteiger partial charge in [0.2, 0.25) is 5.91 Å². The molecule has 2 aromatic heterocycles. The predicted octanol–water partition coefficient (Wildman–Crippen LogP) is 5.23.